The third kappa shape index (κ3) is 2.96. The first-order valence-corrected chi connectivity index (χ1v) is 13.4. The van der Waals surface area contributed by atoms with Gasteiger partial charge >= 0.3 is 0 Å². The summed E-state index contributed by atoms with van der Waals surface area (Å²) in [6.45, 7) is 0. The van der Waals surface area contributed by atoms with Crippen LogP contribution in [-0.2, 0) is 0 Å². The van der Waals surface area contributed by atoms with Gasteiger partial charge in [-0.25, -0.2) is 9.97 Å². The summed E-state index contributed by atoms with van der Waals surface area (Å²) in [5, 5.41) is 7.89. The summed E-state index contributed by atoms with van der Waals surface area (Å²) in [4.78, 5) is 10.1. The summed E-state index contributed by atoms with van der Waals surface area (Å²) < 4.78 is 8.64. The maximum atomic E-state index is 6.44. The molecule has 0 radical (unpaired) electrons. The summed E-state index contributed by atoms with van der Waals surface area (Å²) in [6.07, 6.45) is 1.93. The van der Waals surface area contributed by atoms with Gasteiger partial charge in [-0.15, -0.1) is 0 Å². The van der Waals surface area contributed by atoms with Gasteiger partial charge in [-0.3, -0.25) is 4.57 Å². The van der Waals surface area contributed by atoms with Crippen LogP contribution in [0.2, 0.25) is 0 Å². The van der Waals surface area contributed by atoms with Crippen LogP contribution < -0.4 is 0 Å². The van der Waals surface area contributed by atoms with Gasteiger partial charge in [0.15, 0.2) is 0 Å². The summed E-state index contributed by atoms with van der Waals surface area (Å²) >= 11 is 0. The van der Waals surface area contributed by atoms with E-state index in [2.05, 4.69) is 120 Å². The average molecular weight is 512 g/mol. The molecule has 0 spiro atoms. The van der Waals surface area contributed by atoms with Crippen molar-refractivity contribution in [1.29, 1.82) is 0 Å². The lowest BCUT2D eigenvalue weighted by Gasteiger charge is -2.09. The van der Waals surface area contributed by atoms with Crippen LogP contribution in [-0.4, -0.2) is 14.5 Å². The van der Waals surface area contributed by atoms with Gasteiger partial charge in [-0.05, 0) is 52.2 Å². The zero-order valence-electron chi connectivity index (χ0n) is 21.4. The molecule has 3 heterocycles. The van der Waals surface area contributed by atoms with E-state index in [4.69, 9.17) is 14.4 Å². The molecule has 6 aromatic carbocycles. The molecule has 0 fully saturated rings. The first-order valence-electron chi connectivity index (χ1n) is 13.4. The normalized spacial score (nSPS) is 12.0. The lowest BCUT2D eigenvalue weighted by molar-refractivity contribution is 0.669. The lowest BCUT2D eigenvalue weighted by atomic mass is 10.0. The second-order valence-electron chi connectivity index (χ2n) is 10.3. The molecule has 0 amide bonds. The Bertz CT molecular complexity index is 2430. The highest BCUT2D eigenvalue weighted by Gasteiger charge is 2.21. The largest absolute Gasteiger partial charge is 0.456 e. The first-order chi connectivity index (χ1) is 19.8. The molecule has 0 unspecified atom stereocenters. The fraction of sp³-hybridized carbons (Fsp3) is 0. The molecule has 4 heteroatoms. The van der Waals surface area contributed by atoms with Gasteiger partial charge in [0.05, 0.1) is 21.9 Å². The second-order valence-corrected chi connectivity index (χ2v) is 10.3. The Morgan fingerprint density at radius 3 is 2.23 bits per heavy atom. The van der Waals surface area contributed by atoms with E-state index in [1.165, 1.54) is 16.3 Å². The first kappa shape index (κ1) is 21.5. The molecule has 0 aliphatic heterocycles. The number of para-hydroxylation sites is 1. The van der Waals surface area contributed by atoms with E-state index < -0.39 is 0 Å². The van der Waals surface area contributed by atoms with Crippen molar-refractivity contribution in [2.75, 3.05) is 0 Å². The molecule has 0 bridgehead atoms. The van der Waals surface area contributed by atoms with Gasteiger partial charge in [0.25, 0.3) is 0 Å². The third-order valence-electron chi connectivity index (χ3n) is 8.04. The Labute approximate surface area is 228 Å². The highest BCUT2D eigenvalue weighted by atomic mass is 16.3. The van der Waals surface area contributed by atoms with E-state index in [1.54, 1.807) is 0 Å². The van der Waals surface area contributed by atoms with E-state index in [1.807, 2.05) is 12.3 Å². The molecule has 40 heavy (non-hydrogen) atoms. The van der Waals surface area contributed by atoms with Crippen LogP contribution in [0.4, 0.5) is 0 Å². The molecule has 4 nitrogen and oxygen atoms in total. The molecule has 9 aromatic rings. The van der Waals surface area contributed by atoms with Gasteiger partial charge in [-0.1, -0.05) is 91.0 Å². The molecule has 0 saturated heterocycles. The van der Waals surface area contributed by atoms with E-state index >= 15 is 0 Å². The Balaban J connectivity index is 1.42. The van der Waals surface area contributed by atoms with E-state index in [0.29, 0.717) is 5.95 Å². The summed E-state index contributed by atoms with van der Waals surface area (Å²) in [5.41, 5.74) is 7.08. The van der Waals surface area contributed by atoms with Crippen molar-refractivity contribution in [2.24, 2.45) is 0 Å². The monoisotopic (exact) mass is 511 g/mol. The molecule has 3 aromatic heterocycles. The van der Waals surface area contributed by atoms with Crippen molar-refractivity contribution in [3.63, 3.8) is 0 Å². The topological polar surface area (TPSA) is 43.9 Å². The molecule has 0 aliphatic rings. The number of rotatable bonds is 2. The smallest absolute Gasteiger partial charge is 0.235 e. The maximum absolute atomic E-state index is 6.44. The predicted octanol–water partition coefficient (Wildman–Crippen LogP) is 9.45. The number of hydrogen-bond donors (Lipinski definition) is 0. The Morgan fingerprint density at radius 2 is 1.30 bits per heavy atom. The Morgan fingerprint density at radius 1 is 0.550 bits per heavy atom. The van der Waals surface area contributed by atoms with E-state index in [-0.39, 0.29) is 0 Å². The number of furan rings is 1. The molecule has 0 saturated carbocycles. The molecule has 9 rings (SSSR count). The minimum atomic E-state index is 0.644. The number of nitrogens with zero attached hydrogens (tertiary/aromatic N) is 3. The zero-order valence-corrected chi connectivity index (χ0v) is 21.4. The number of hydrogen-bond acceptors (Lipinski definition) is 3. The number of fused-ring (bicyclic) bond motifs is 10. The van der Waals surface area contributed by atoms with Crippen molar-refractivity contribution < 1.29 is 4.42 Å². The number of aromatic nitrogens is 3. The fourth-order valence-electron chi connectivity index (χ4n) is 6.22. The molecule has 0 N–H and O–H groups in total. The SMILES string of the molecule is c1ccc(-c2ccc3cnc(-n4c5ccccc5c5ccc6oc7ccc8ccccc8c7c6c54)nc3c2)cc1. The quantitative estimate of drug-likeness (QED) is 0.232. The van der Waals surface area contributed by atoms with Crippen molar-refractivity contribution in [3.05, 3.63) is 128 Å². The second kappa shape index (κ2) is 8.01. The van der Waals surface area contributed by atoms with Gasteiger partial charge < -0.3 is 4.42 Å². The van der Waals surface area contributed by atoms with Gasteiger partial charge in [0.2, 0.25) is 5.95 Å². The van der Waals surface area contributed by atoms with Gasteiger partial charge in [-0.2, -0.15) is 0 Å². The molecule has 0 atom stereocenters. The molecular weight excluding hydrogens is 490 g/mol. The molecular formula is C36H21N3O. The Hall–Kier alpha value is -5.48. The van der Waals surface area contributed by atoms with Crippen molar-refractivity contribution >= 4 is 65.4 Å². The summed E-state index contributed by atoms with van der Waals surface area (Å²) in [7, 11) is 0. The van der Waals surface area contributed by atoms with Crippen LogP contribution in [0.25, 0.3) is 82.5 Å². The Kier molecular flexibility index (Phi) is 4.30. The van der Waals surface area contributed by atoms with Gasteiger partial charge in [0.1, 0.15) is 11.2 Å². The standard InChI is InChI=1S/C36H21N3O/c1-2-8-22(9-3-1)24-14-15-25-21-37-36(38-29(25)20-24)39-30-13-7-6-12-27(30)28-17-19-32-34(35(28)39)33-26-11-5-4-10-23(26)16-18-31(33)40-32/h1-21H. The minimum Gasteiger partial charge on any atom is -0.456 e. The van der Waals surface area contributed by atoms with Crippen molar-refractivity contribution in [2.45, 2.75) is 0 Å². The minimum absolute atomic E-state index is 0.644. The maximum Gasteiger partial charge on any atom is 0.235 e. The fourth-order valence-corrected chi connectivity index (χ4v) is 6.22. The summed E-state index contributed by atoms with van der Waals surface area (Å²) in [6, 6.07) is 42.3. The van der Waals surface area contributed by atoms with Crippen LogP contribution in [0.3, 0.4) is 0 Å². The predicted molar refractivity (Wildman–Crippen MR) is 164 cm³/mol. The van der Waals surface area contributed by atoms with Crippen molar-refractivity contribution in [1.82, 2.24) is 14.5 Å². The van der Waals surface area contributed by atoms with E-state index in [9.17, 15) is 0 Å². The number of benzene rings is 6. The average Bonchev–Trinajstić information content (AvgIpc) is 3.57. The van der Waals surface area contributed by atoms with Gasteiger partial charge in [0, 0.05) is 27.7 Å². The van der Waals surface area contributed by atoms with Crippen molar-refractivity contribution in [3.8, 4) is 17.1 Å². The molecule has 186 valence electrons. The van der Waals surface area contributed by atoms with E-state index in [0.717, 1.165) is 60.2 Å². The zero-order chi connectivity index (χ0) is 26.2. The highest BCUT2D eigenvalue weighted by molar-refractivity contribution is 6.29. The summed E-state index contributed by atoms with van der Waals surface area (Å²) in [5.74, 6) is 0.644. The van der Waals surface area contributed by atoms with Crippen LogP contribution in [0, 0.1) is 0 Å². The molecule has 0 aliphatic carbocycles. The lowest BCUT2D eigenvalue weighted by Crippen LogP contribution is -2.01. The van der Waals surface area contributed by atoms with Crippen LogP contribution in [0.1, 0.15) is 0 Å². The van der Waals surface area contributed by atoms with Crippen LogP contribution in [0.15, 0.2) is 132 Å². The van der Waals surface area contributed by atoms with Crippen LogP contribution >= 0.6 is 0 Å². The van der Waals surface area contributed by atoms with Crippen LogP contribution in [0.5, 0.6) is 0 Å². The third-order valence-corrected chi connectivity index (χ3v) is 8.04. The highest BCUT2D eigenvalue weighted by Crippen LogP contribution is 2.42.